The van der Waals surface area contributed by atoms with Gasteiger partial charge in [-0.2, -0.15) is 13.2 Å². The predicted octanol–water partition coefficient (Wildman–Crippen LogP) is 4.81. The van der Waals surface area contributed by atoms with Gasteiger partial charge in [-0.1, -0.05) is 6.07 Å². The number of piperidine rings is 1. The van der Waals surface area contributed by atoms with Gasteiger partial charge in [0.25, 0.3) is 5.91 Å². The third-order valence-corrected chi connectivity index (χ3v) is 7.93. The number of fused-ring (bicyclic) bond motifs is 1. The summed E-state index contributed by atoms with van der Waals surface area (Å²) in [7, 11) is 0. The maximum atomic E-state index is 12.9. The number of nitrogens with zero attached hydrogens (tertiary/aromatic N) is 2. The van der Waals surface area contributed by atoms with Gasteiger partial charge in [-0.05, 0) is 68.0 Å². The van der Waals surface area contributed by atoms with Crippen molar-refractivity contribution in [3.05, 3.63) is 50.7 Å². The van der Waals surface area contributed by atoms with Crippen LogP contribution >= 0.6 is 11.3 Å². The first-order chi connectivity index (χ1) is 15.7. The van der Waals surface area contributed by atoms with E-state index in [1.807, 2.05) is 13.0 Å². The van der Waals surface area contributed by atoms with E-state index < -0.39 is 11.1 Å². The molecule has 2 saturated heterocycles. The van der Waals surface area contributed by atoms with Crippen LogP contribution in [0.2, 0.25) is 0 Å². The number of halogens is 3. The Morgan fingerprint density at radius 3 is 2.64 bits per heavy atom. The van der Waals surface area contributed by atoms with Gasteiger partial charge in [0.15, 0.2) is 0 Å². The fourth-order valence-corrected chi connectivity index (χ4v) is 5.86. The molecule has 2 aliphatic heterocycles. The van der Waals surface area contributed by atoms with Gasteiger partial charge < -0.3 is 14.7 Å². The Morgan fingerprint density at radius 1 is 1.15 bits per heavy atom. The summed E-state index contributed by atoms with van der Waals surface area (Å²) >= 11 is 0.521. The number of aliphatic hydroxyl groups excluding tert-OH is 1. The van der Waals surface area contributed by atoms with Crippen molar-refractivity contribution in [2.45, 2.75) is 51.4 Å². The largest absolute Gasteiger partial charge is 0.491 e. The number of hydrogen-bond acceptors (Lipinski definition) is 5. The molecule has 0 saturated carbocycles. The highest BCUT2D eigenvalue weighted by molar-refractivity contribution is 7.14. The fraction of sp³-hybridized carbons (Fsp3) is 0.542. The van der Waals surface area contributed by atoms with Gasteiger partial charge in [-0.3, -0.25) is 9.69 Å². The van der Waals surface area contributed by atoms with Crippen LogP contribution in [-0.4, -0.2) is 59.7 Å². The molecule has 180 valence electrons. The molecule has 33 heavy (non-hydrogen) atoms. The van der Waals surface area contributed by atoms with Crippen LogP contribution in [0.25, 0.3) is 0 Å². The molecule has 2 aliphatic rings. The van der Waals surface area contributed by atoms with Crippen molar-refractivity contribution >= 4 is 17.2 Å². The zero-order valence-electron chi connectivity index (χ0n) is 18.8. The van der Waals surface area contributed by atoms with Gasteiger partial charge in [0.05, 0.1) is 11.5 Å². The lowest BCUT2D eigenvalue weighted by molar-refractivity contribution is -0.134. The topological polar surface area (TPSA) is 53.0 Å². The molecule has 2 aromatic rings. The Hall–Kier alpha value is -2.10. The number of piperazine rings is 1. The number of hydrogen-bond donors (Lipinski definition) is 1. The molecular formula is C24H29F3N2O3S. The minimum absolute atomic E-state index is 0.0312. The van der Waals surface area contributed by atoms with Crippen molar-refractivity contribution in [1.29, 1.82) is 0 Å². The van der Waals surface area contributed by atoms with Crippen molar-refractivity contribution in [1.82, 2.24) is 9.80 Å². The van der Waals surface area contributed by atoms with Crippen LogP contribution in [0.15, 0.2) is 24.3 Å². The average Bonchev–Trinajstić information content (AvgIpc) is 3.30. The van der Waals surface area contributed by atoms with Gasteiger partial charge in [0, 0.05) is 31.7 Å². The maximum absolute atomic E-state index is 12.9. The molecule has 0 bridgehead atoms. The van der Waals surface area contributed by atoms with E-state index >= 15 is 0 Å². The van der Waals surface area contributed by atoms with E-state index in [1.165, 1.54) is 17.2 Å². The van der Waals surface area contributed by atoms with Crippen LogP contribution in [-0.2, 0) is 6.18 Å². The summed E-state index contributed by atoms with van der Waals surface area (Å²) in [4.78, 5) is 16.5. The summed E-state index contributed by atoms with van der Waals surface area (Å²) < 4.78 is 44.5. The minimum atomic E-state index is -4.42. The van der Waals surface area contributed by atoms with E-state index in [1.54, 1.807) is 4.90 Å². The highest BCUT2D eigenvalue weighted by Crippen LogP contribution is 2.40. The molecule has 1 amide bonds. The Kier molecular flexibility index (Phi) is 7.02. The summed E-state index contributed by atoms with van der Waals surface area (Å²) in [6, 6.07) is 6.77. The molecule has 1 aromatic heterocycles. The minimum Gasteiger partial charge on any atom is -0.491 e. The maximum Gasteiger partial charge on any atom is 0.425 e. The second kappa shape index (κ2) is 9.64. The lowest BCUT2D eigenvalue weighted by Gasteiger charge is -2.48. The Balaban J connectivity index is 1.48. The van der Waals surface area contributed by atoms with Crippen LogP contribution in [0.1, 0.15) is 56.5 Å². The van der Waals surface area contributed by atoms with E-state index in [9.17, 15) is 18.0 Å². The molecule has 9 heteroatoms. The number of benzene rings is 1. The molecule has 2 unspecified atom stereocenters. The number of rotatable bonds is 5. The standard InChI is InChI=1S/C24H29F3N2O3S/c1-15-16(2)20(32-13-12-30)7-6-18(15)19-5-3-4-17-14-28(10-11-29(17)19)23(31)21-8-9-22(33-21)24(25,26)27/h6-9,17,19,30H,3-5,10-14H2,1-2H3. The lowest BCUT2D eigenvalue weighted by atomic mass is 9.86. The molecule has 3 heterocycles. The molecule has 0 aliphatic carbocycles. The number of amides is 1. The third kappa shape index (κ3) is 4.90. The van der Waals surface area contributed by atoms with Crippen LogP contribution in [0.3, 0.4) is 0 Å². The van der Waals surface area contributed by atoms with Crippen LogP contribution < -0.4 is 4.74 Å². The van der Waals surface area contributed by atoms with Crippen molar-refractivity contribution in [3.8, 4) is 5.75 Å². The zero-order chi connectivity index (χ0) is 23.8. The first-order valence-electron chi connectivity index (χ1n) is 11.3. The fourth-order valence-electron chi connectivity index (χ4n) is 5.02. The summed E-state index contributed by atoms with van der Waals surface area (Å²) in [5.74, 6) is 0.469. The van der Waals surface area contributed by atoms with Crippen molar-refractivity contribution in [2.24, 2.45) is 0 Å². The van der Waals surface area contributed by atoms with E-state index in [4.69, 9.17) is 9.84 Å². The molecule has 0 spiro atoms. The number of thiophene rings is 1. The quantitative estimate of drug-likeness (QED) is 0.665. The second-order valence-electron chi connectivity index (χ2n) is 8.73. The second-order valence-corrected chi connectivity index (χ2v) is 9.81. The zero-order valence-corrected chi connectivity index (χ0v) is 19.6. The van der Waals surface area contributed by atoms with Crippen molar-refractivity contribution in [2.75, 3.05) is 32.8 Å². The van der Waals surface area contributed by atoms with Gasteiger partial charge in [-0.25, -0.2) is 0 Å². The van der Waals surface area contributed by atoms with Gasteiger partial charge in [-0.15, -0.1) is 11.3 Å². The van der Waals surface area contributed by atoms with E-state index in [2.05, 4.69) is 17.9 Å². The smallest absolute Gasteiger partial charge is 0.425 e. The molecule has 2 atom stereocenters. The Morgan fingerprint density at radius 2 is 1.94 bits per heavy atom. The van der Waals surface area contributed by atoms with Gasteiger partial charge >= 0.3 is 6.18 Å². The van der Waals surface area contributed by atoms with E-state index in [-0.39, 0.29) is 36.1 Å². The SMILES string of the molecule is Cc1c(OCCO)ccc(C2CCCC3CN(C(=O)c4ccc(C(F)(F)F)s4)CCN32)c1C. The number of carbonyl (C=O) groups is 1. The molecule has 4 rings (SSSR count). The van der Waals surface area contributed by atoms with E-state index in [0.29, 0.717) is 31.0 Å². The number of ether oxygens (including phenoxy) is 1. The lowest BCUT2D eigenvalue weighted by Crippen LogP contribution is -2.57. The monoisotopic (exact) mass is 482 g/mol. The number of carbonyl (C=O) groups excluding carboxylic acids is 1. The van der Waals surface area contributed by atoms with Crippen molar-refractivity contribution in [3.63, 3.8) is 0 Å². The summed E-state index contributed by atoms with van der Waals surface area (Å²) in [5.41, 5.74) is 3.49. The predicted molar refractivity (Wildman–Crippen MR) is 121 cm³/mol. The Bertz CT molecular complexity index is 1010. The number of aliphatic hydroxyl groups is 1. The van der Waals surface area contributed by atoms with Gasteiger partial charge in [0.2, 0.25) is 0 Å². The van der Waals surface area contributed by atoms with Gasteiger partial charge in [0.1, 0.15) is 17.2 Å². The van der Waals surface area contributed by atoms with Crippen LogP contribution in [0.5, 0.6) is 5.75 Å². The molecule has 2 fully saturated rings. The van der Waals surface area contributed by atoms with Crippen LogP contribution in [0, 0.1) is 13.8 Å². The third-order valence-electron chi connectivity index (χ3n) is 6.81. The number of alkyl halides is 3. The van der Waals surface area contributed by atoms with Crippen LogP contribution in [0.4, 0.5) is 13.2 Å². The first kappa shape index (κ1) is 24.0. The van der Waals surface area contributed by atoms with Crippen molar-refractivity contribution < 1.29 is 27.8 Å². The average molecular weight is 483 g/mol. The normalized spacial score (nSPS) is 21.7. The highest BCUT2D eigenvalue weighted by Gasteiger charge is 2.39. The molecule has 0 radical (unpaired) electrons. The summed E-state index contributed by atoms with van der Waals surface area (Å²) in [5, 5.41) is 9.04. The molecule has 5 nitrogen and oxygen atoms in total. The molecule has 1 N–H and O–H groups in total. The Labute approximate surface area is 195 Å². The molecule has 1 aromatic carbocycles. The first-order valence-corrected chi connectivity index (χ1v) is 12.1. The molecular weight excluding hydrogens is 453 g/mol. The summed E-state index contributed by atoms with van der Waals surface area (Å²) in [6.07, 6.45) is -1.39. The highest BCUT2D eigenvalue weighted by atomic mass is 32.1. The van der Waals surface area contributed by atoms with E-state index in [0.717, 1.165) is 36.6 Å². The summed E-state index contributed by atoms with van der Waals surface area (Å²) in [6.45, 7) is 6.07.